The fourth-order valence-corrected chi connectivity index (χ4v) is 3.52. The minimum Gasteiger partial charge on any atom is -0.399 e. The Balaban J connectivity index is 2.28. The van der Waals surface area contributed by atoms with Crippen LogP contribution in [-0.2, 0) is 14.8 Å². The van der Waals surface area contributed by atoms with Crippen molar-refractivity contribution in [3.63, 3.8) is 0 Å². The molecule has 0 radical (unpaired) electrons. The highest BCUT2D eigenvalue weighted by molar-refractivity contribution is 7.89. The number of nitrogens with zero attached hydrogens (tertiary/aromatic N) is 1. The van der Waals surface area contributed by atoms with Crippen molar-refractivity contribution in [3.05, 3.63) is 23.8 Å². The summed E-state index contributed by atoms with van der Waals surface area (Å²) >= 11 is 0. The molecular formula is C12H18N2O4S. The van der Waals surface area contributed by atoms with Crippen LogP contribution in [0.1, 0.15) is 5.56 Å². The largest absolute Gasteiger partial charge is 0.399 e. The predicted octanol–water partition coefficient (Wildman–Crippen LogP) is -0.0410. The molecule has 6 nitrogen and oxygen atoms in total. The van der Waals surface area contributed by atoms with Crippen molar-refractivity contribution in [3.8, 4) is 0 Å². The maximum absolute atomic E-state index is 12.5. The van der Waals surface area contributed by atoms with E-state index in [9.17, 15) is 8.42 Å². The molecule has 1 saturated heterocycles. The number of aliphatic hydroxyl groups excluding tert-OH is 1. The summed E-state index contributed by atoms with van der Waals surface area (Å²) in [5.74, 6) is 0. The van der Waals surface area contributed by atoms with Gasteiger partial charge in [-0.1, -0.05) is 0 Å². The van der Waals surface area contributed by atoms with Crippen LogP contribution >= 0.6 is 0 Å². The molecule has 0 saturated carbocycles. The van der Waals surface area contributed by atoms with Gasteiger partial charge in [-0.15, -0.1) is 0 Å². The number of aryl methyl sites for hydroxylation is 1. The van der Waals surface area contributed by atoms with Gasteiger partial charge in [-0.05, 0) is 30.7 Å². The van der Waals surface area contributed by atoms with Gasteiger partial charge in [0.05, 0.1) is 24.2 Å². The monoisotopic (exact) mass is 286 g/mol. The molecule has 19 heavy (non-hydrogen) atoms. The Morgan fingerprint density at radius 2 is 2.26 bits per heavy atom. The number of rotatable bonds is 3. The second-order valence-corrected chi connectivity index (χ2v) is 6.49. The lowest BCUT2D eigenvalue weighted by atomic mass is 10.2. The molecule has 106 valence electrons. The topological polar surface area (TPSA) is 92.9 Å². The average molecular weight is 286 g/mol. The highest BCUT2D eigenvalue weighted by Gasteiger charge is 2.30. The second-order valence-electron chi connectivity index (χ2n) is 4.56. The van der Waals surface area contributed by atoms with Crippen molar-refractivity contribution in [2.24, 2.45) is 0 Å². The molecule has 0 aromatic heterocycles. The van der Waals surface area contributed by atoms with Crippen LogP contribution in [0.3, 0.4) is 0 Å². The van der Waals surface area contributed by atoms with E-state index in [2.05, 4.69) is 0 Å². The number of morpholine rings is 1. The average Bonchev–Trinajstić information content (AvgIpc) is 2.41. The highest BCUT2D eigenvalue weighted by Crippen LogP contribution is 2.22. The predicted molar refractivity (Wildman–Crippen MR) is 71.2 cm³/mol. The third kappa shape index (κ3) is 2.89. The molecule has 1 fully saturated rings. The molecule has 2 rings (SSSR count). The minimum absolute atomic E-state index is 0.169. The van der Waals surface area contributed by atoms with E-state index in [0.717, 1.165) is 5.56 Å². The Labute approximate surface area is 112 Å². The molecular weight excluding hydrogens is 268 g/mol. The van der Waals surface area contributed by atoms with Gasteiger partial charge in [-0.3, -0.25) is 0 Å². The smallest absolute Gasteiger partial charge is 0.243 e. The van der Waals surface area contributed by atoms with Crippen molar-refractivity contribution in [2.75, 3.05) is 32.0 Å². The molecule has 1 heterocycles. The van der Waals surface area contributed by atoms with Gasteiger partial charge in [0.15, 0.2) is 0 Å². The minimum atomic E-state index is -3.56. The zero-order valence-electron chi connectivity index (χ0n) is 10.7. The number of sulfonamides is 1. The number of hydrogen-bond acceptors (Lipinski definition) is 5. The fourth-order valence-electron chi connectivity index (χ4n) is 1.98. The molecule has 1 atom stereocenters. The molecule has 0 aliphatic carbocycles. The van der Waals surface area contributed by atoms with E-state index < -0.39 is 16.1 Å². The van der Waals surface area contributed by atoms with Gasteiger partial charge in [0.2, 0.25) is 10.0 Å². The van der Waals surface area contributed by atoms with E-state index in [1.165, 1.54) is 10.4 Å². The maximum atomic E-state index is 12.5. The summed E-state index contributed by atoms with van der Waals surface area (Å²) in [4.78, 5) is 0.220. The molecule has 3 N–H and O–H groups in total. The first-order valence-corrected chi connectivity index (χ1v) is 7.48. The van der Waals surface area contributed by atoms with E-state index in [1.54, 1.807) is 19.1 Å². The van der Waals surface area contributed by atoms with Crippen molar-refractivity contribution >= 4 is 15.7 Å². The van der Waals surface area contributed by atoms with Crippen molar-refractivity contribution in [1.29, 1.82) is 0 Å². The van der Waals surface area contributed by atoms with Crippen LogP contribution in [0.2, 0.25) is 0 Å². The zero-order chi connectivity index (χ0) is 14.0. The SMILES string of the molecule is Cc1cc(S(=O)(=O)N2CCOC(CO)C2)ccc1N. The van der Waals surface area contributed by atoms with Crippen molar-refractivity contribution < 1.29 is 18.3 Å². The van der Waals surface area contributed by atoms with Gasteiger partial charge in [-0.2, -0.15) is 4.31 Å². The van der Waals surface area contributed by atoms with Crippen molar-refractivity contribution in [1.82, 2.24) is 4.31 Å². The molecule has 7 heteroatoms. The number of aliphatic hydroxyl groups is 1. The zero-order valence-corrected chi connectivity index (χ0v) is 11.6. The molecule has 1 aliphatic heterocycles. The first kappa shape index (κ1) is 14.3. The van der Waals surface area contributed by atoms with E-state index in [4.69, 9.17) is 15.6 Å². The van der Waals surface area contributed by atoms with Crippen LogP contribution in [0.5, 0.6) is 0 Å². The lowest BCUT2D eigenvalue weighted by Crippen LogP contribution is -2.46. The third-order valence-electron chi connectivity index (χ3n) is 3.18. The summed E-state index contributed by atoms with van der Waals surface area (Å²) in [6.07, 6.45) is -0.460. The van der Waals surface area contributed by atoms with Crippen LogP contribution in [0.25, 0.3) is 0 Å². The summed E-state index contributed by atoms with van der Waals surface area (Å²) in [6.45, 7) is 2.33. The summed E-state index contributed by atoms with van der Waals surface area (Å²) in [5.41, 5.74) is 6.99. The second kappa shape index (κ2) is 5.46. The van der Waals surface area contributed by atoms with Gasteiger partial charge in [0.1, 0.15) is 0 Å². The number of benzene rings is 1. The first-order valence-electron chi connectivity index (χ1n) is 6.04. The molecule has 1 unspecified atom stereocenters. The molecule has 1 aromatic carbocycles. The lowest BCUT2D eigenvalue weighted by molar-refractivity contribution is -0.0304. The number of hydrogen-bond donors (Lipinski definition) is 2. The summed E-state index contributed by atoms with van der Waals surface area (Å²) < 4.78 is 31.5. The quantitative estimate of drug-likeness (QED) is 0.761. The van der Waals surface area contributed by atoms with Crippen molar-refractivity contribution in [2.45, 2.75) is 17.9 Å². The van der Waals surface area contributed by atoms with Crippen LogP contribution in [0.4, 0.5) is 5.69 Å². The third-order valence-corrected chi connectivity index (χ3v) is 5.05. The normalized spacial score (nSPS) is 21.5. The van der Waals surface area contributed by atoms with Crippen LogP contribution in [0, 0.1) is 6.92 Å². The molecule has 1 aliphatic rings. The standard InChI is InChI=1S/C12H18N2O4S/c1-9-6-11(2-3-12(9)13)19(16,17)14-4-5-18-10(7-14)8-15/h2-3,6,10,15H,4-5,7-8,13H2,1H3. The highest BCUT2D eigenvalue weighted by atomic mass is 32.2. The number of nitrogen functional groups attached to an aromatic ring is 1. The fraction of sp³-hybridized carbons (Fsp3) is 0.500. The molecule has 0 amide bonds. The lowest BCUT2D eigenvalue weighted by Gasteiger charge is -2.31. The Kier molecular flexibility index (Phi) is 4.10. The molecule has 0 spiro atoms. The van der Waals surface area contributed by atoms with E-state index in [1.807, 2.05) is 0 Å². The first-order chi connectivity index (χ1) is 8.95. The number of anilines is 1. The Hall–Kier alpha value is -1.15. The van der Waals surface area contributed by atoms with Gasteiger partial charge in [0, 0.05) is 18.8 Å². The van der Waals surface area contributed by atoms with Crippen LogP contribution in [-0.4, -0.2) is 50.2 Å². The van der Waals surface area contributed by atoms with Gasteiger partial charge >= 0.3 is 0 Å². The Morgan fingerprint density at radius 1 is 1.53 bits per heavy atom. The maximum Gasteiger partial charge on any atom is 0.243 e. The summed E-state index contributed by atoms with van der Waals surface area (Å²) in [7, 11) is -3.56. The van der Waals surface area contributed by atoms with Gasteiger partial charge in [0.25, 0.3) is 0 Å². The van der Waals surface area contributed by atoms with Crippen LogP contribution < -0.4 is 5.73 Å². The van der Waals surface area contributed by atoms with Gasteiger partial charge in [-0.25, -0.2) is 8.42 Å². The van der Waals surface area contributed by atoms with Gasteiger partial charge < -0.3 is 15.6 Å². The summed E-state index contributed by atoms with van der Waals surface area (Å²) in [6, 6.07) is 4.65. The van der Waals surface area contributed by atoms with E-state index in [0.29, 0.717) is 18.8 Å². The van der Waals surface area contributed by atoms with E-state index >= 15 is 0 Å². The van der Waals surface area contributed by atoms with Crippen LogP contribution in [0.15, 0.2) is 23.1 Å². The molecule has 0 bridgehead atoms. The summed E-state index contributed by atoms with van der Waals surface area (Å²) in [5, 5.41) is 9.06. The van der Waals surface area contributed by atoms with E-state index in [-0.39, 0.29) is 18.0 Å². The molecule has 1 aromatic rings. The Morgan fingerprint density at radius 3 is 2.89 bits per heavy atom. The Bertz CT molecular complexity index is 559. The number of ether oxygens (including phenoxy) is 1. The number of nitrogens with two attached hydrogens (primary N) is 1.